The fourth-order valence-electron chi connectivity index (χ4n) is 3.38. The fraction of sp³-hybridized carbons (Fsp3) is 0.529. The summed E-state index contributed by atoms with van der Waals surface area (Å²) in [5.74, 6) is 1.13. The van der Waals surface area contributed by atoms with Crippen molar-refractivity contribution in [1.82, 2.24) is 0 Å². The quantitative estimate of drug-likeness (QED) is 0.798. The van der Waals surface area contributed by atoms with Gasteiger partial charge in [0.2, 0.25) is 0 Å². The van der Waals surface area contributed by atoms with Crippen LogP contribution in [-0.4, -0.2) is 25.0 Å². The molecule has 4 nitrogen and oxygen atoms in total. The standard InChI is InChI=1S/C17H20O4/c1-2-20-16(18)10-21-15-6-5-11-7-12-3-4-13(17(12)19)8-14(11)9-15/h5-6,9,12-13H,2-4,7-8,10H2,1H3. The molecule has 1 saturated carbocycles. The van der Waals surface area contributed by atoms with Gasteiger partial charge in [0.25, 0.3) is 0 Å². The van der Waals surface area contributed by atoms with Crippen LogP contribution in [0.25, 0.3) is 0 Å². The Kier molecular flexibility index (Phi) is 3.95. The number of esters is 1. The number of ketones is 1. The lowest BCUT2D eigenvalue weighted by molar-refractivity contribution is -0.145. The predicted molar refractivity (Wildman–Crippen MR) is 77.2 cm³/mol. The van der Waals surface area contributed by atoms with Gasteiger partial charge in [-0.3, -0.25) is 4.79 Å². The zero-order chi connectivity index (χ0) is 14.8. The van der Waals surface area contributed by atoms with Crippen LogP contribution in [0.5, 0.6) is 5.75 Å². The van der Waals surface area contributed by atoms with Crippen LogP contribution in [0.1, 0.15) is 30.9 Å². The van der Waals surface area contributed by atoms with Crippen LogP contribution in [0.3, 0.4) is 0 Å². The van der Waals surface area contributed by atoms with Crippen LogP contribution in [0.4, 0.5) is 0 Å². The van der Waals surface area contributed by atoms with Crippen LogP contribution in [0.15, 0.2) is 18.2 Å². The Bertz CT molecular complexity index is 564. The Balaban J connectivity index is 1.72. The monoisotopic (exact) mass is 288 g/mol. The van der Waals surface area contributed by atoms with Gasteiger partial charge in [0.1, 0.15) is 11.5 Å². The Morgan fingerprint density at radius 3 is 2.62 bits per heavy atom. The third-order valence-electron chi connectivity index (χ3n) is 4.44. The average Bonchev–Trinajstić information content (AvgIpc) is 2.72. The summed E-state index contributed by atoms with van der Waals surface area (Å²) in [7, 11) is 0. The van der Waals surface area contributed by atoms with Crippen molar-refractivity contribution in [2.45, 2.75) is 32.6 Å². The van der Waals surface area contributed by atoms with Gasteiger partial charge in [-0.2, -0.15) is 0 Å². The van der Waals surface area contributed by atoms with Crippen LogP contribution >= 0.6 is 0 Å². The second-order valence-electron chi connectivity index (χ2n) is 5.81. The third kappa shape index (κ3) is 2.94. The summed E-state index contributed by atoms with van der Waals surface area (Å²) in [6.45, 7) is 2.06. The number of ether oxygens (including phenoxy) is 2. The number of Topliss-reactive ketones (excluding diaryl/α,β-unsaturated/α-hetero) is 1. The van der Waals surface area contributed by atoms with Crippen LogP contribution in [0, 0.1) is 11.8 Å². The molecule has 3 rings (SSSR count). The first kappa shape index (κ1) is 14.1. The molecule has 0 aromatic heterocycles. The molecule has 2 bridgehead atoms. The van der Waals surface area contributed by atoms with Gasteiger partial charge in [-0.05, 0) is 55.9 Å². The summed E-state index contributed by atoms with van der Waals surface area (Å²) in [5, 5.41) is 0. The molecule has 0 amide bonds. The molecular formula is C17H20O4. The van der Waals surface area contributed by atoms with Gasteiger partial charge in [0.15, 0.2) is 6.61 Å². The van der Waals surface area contributed by atoms with E-state index in [0.29, 0.717) is 18.1 Å². The normalized spacial score (nSPS) is 23.4. The Morgan fingerprint density at radius 1 is 1.19 bits per heavy atom. The van der Waals surface area contributed by atoms with Gasteiger partial charge in [0.05, 0.1) is 6.61 Å². The number of carbonyl (C=O) groups excluding carboxylic acids is 2. The molecule has 112 valence electrons. The maximum Gasteiger partial charge on any atom is 0.344 e. The highest BCUT2D eigenvalue weighted by Gasteiger charge is 2.37. The first-order valence-electron chi connectivity index (χ1n) is 7.61. The first-order valence-corrected chi connectivity index (χ1v) is 7.61. The van der Waals surface area contributed by atoms with E-state index in [1.54, 1.807) is 6.92 Å². The first-order chi connectivity index (χ1) is 10.2. The van der Waals surface area contributed by atoms with Crippen molar-refractivity contribution in [2.24, 2.45) is 11.8 Å². The molecule has 0 saturated heterocycles. The lowest BCUT2D eigenvalue weighted by atomic mass is 9.93. The van der Waals surface area contributed by atoms with Crippen molar-refractivity contribution in [1.29, 1.82) is 0 Å². The minimum Gasteiger partial charge on any atom is -0.482 e. The minimum atomic E-state index is -0.360. The highest BCUT2D eigenvalue weighted by atomic mass is 16.6. The maximum atomic E-state index is 12.2. The van der Waals surface area contributed by atoms with Gasteiger partial charge < -0.3 is 9.47 Å². The van der Waals surface area contributed by atoms with E-state index in [2.05, 4.69) is 0 Å². The van der Waals surface area contributed by atoms with Crippen LogP contribution in [0.2, 0.25) is 0 Å². The molecule has 1 aromatic rings. The number of rotatable bonds is 4. The molecule has 0 aliphatic heterocycles. The molecule has 1 fully saturated rings. The zero-order valence-corrected chi connectivity index (χ0v) is 12.3. The van der Waals surface area contributed by atoms with E-state index in [1.807, 2.05) is 18.2 Å². The van der Waals surface area contributed by atoms with E-state index in [-0.39, 0.29) is 24.4 Å². The maximum absolute atomic E-state index is 12.2. The molecule has 2 atom stereocenters. The summed E-state index contributed by atoms with van der Waals surface area (Å²) in [4.78, 5) is 23.5. The van der Waals surface area contributed by atoms with Crippen molar-refractivity contribution in [3.05, 3.63) is 29.3 Å². The second kappa shape index (κ2) is 5.88. The summed E-state index contributed by atoms with van der Waals surface area (Å²) < 4.78 is 10.3. The minimum absolute atomic E-state index is 0.0718. The number of benzene rings is 1. The lowest BCUT2D eigenvalue weighted by Gasteiger charge is -2.14. The molecule has 0 spiro atoms. The van der Waals surface area contributed by atoms with Crippen LogP contribution in [-0.2, 0) is 27.2 Å². The Labute approximate surface area is 124 Å². The smallest absolute Gasteiger partial charge is 0.344 e. The van der Waals surface area contributed by atoms with Gasteiger partial charge >= 0.3 is 5.97 Å². The highest BCUT2D eigenvalue weighted by Crippen LogP contribution is 2.38. The van der Waals surface area contributed by atoms with Crippen molar-refractivity contribution >= 4 is 11.8 Å². The summed E-state index contributed by atoms with van der Waals surface area (Å²) >= 11 is 0. The van der Waals surface area contributed by atoms with Crippen molar-refractivity contribution in [3.8, 4) is 5.75 Å². The average molecular weight is 288 g/mol. The van der Waals surface area contributed by atoms with Gasteiger partial charge in [-0.25, -0.2) is 4.79 Å². The van der Waals surface area contributed by atoms with E-state index >= 15 is 0 Å². The molecule has 0 radical (unpaired) electrons. The molecule has 21 heavy (non-hydrogen) atoms. The van der Waals surface area contributed by atoms with E-state index < -0.39 is 0 Å². The van der Waals surface area contributed by atoms with Crippen molar-refractivity contribution < 1.29 is 19.1 Å². The predicted octanol–water partition coefficient (Wildman–Crippen LogP) is 2.32. The molecule has 0 N–H and O–H groups in total. The summed E-state index contributed by atoms with van der Waals surface area (Å²) in [6, 6.07) is 5.88. The number of carbonyl (C=O) groups is 2. The SMILES string of the molecule is CCOC(=O)COc1ccc2c(c1)CC1CCC(C2)C1=O. The lowest BCUT2D eigenvalue weighted by Crippen LogP contribution is -2.14. The highest BCUT2D eigenvalue weighted by molar-refractivity contribution is 5.86. The van der Waals surface area contributed by atoms with Gasteiger partial charge in [-0.15, -0.1) is 0 Å². The Hall–Kier alpha value is -1.84. The molecular weight excluding hydrogens is 268 g/mol. The van der Waals surface area contributed by atoms with E-state index in [4.69, 9.17) is 9.47 Å². The molecule has 2 aliphatic carbocycles. The van der Waals surface area contributed by atoms with Crippen molar-refractivity contribution in [2.75, 3.05) is 13.2 Å². The largest absolute Gasteiger partial charge is 0.482 e. The summed E-state index contributed by atoms with van der Waals surface area (Å²) in [5.41, 5.74) is 2.44. The molecule has 2 unspecified atom stereocenters. The zero-order valence-electron chi connectivity index (χ0n) is 12.3. The fourth-order valence-corrected chi connectivity index (χ4v) is 3.38. The molecule has 0 heterocycles. The van der Waals surface area contributed by atoms with E-state index in [0.717, 1.165) is 25.7 Å². The Morgan fingerprint density at radius 2 is 1.90 bits per heavy atom. The molecule has 2 aliphatic rings. The van der Waals surface area contributed by atoms with E-state index in [1.165, 1.54) is 11.1 Å². The van der Waals surface area contributed by atoms with E-state index in [9.17, 15) is 9.59 Å². The molecule has 4 heteroatoms. The second-order valence-corrected chi connectivity index (χ2v) is 5.81. The summed E-state index contributed by atoms with van der Waals surface area (Å²) in [6.07, 6.45) is 3.70. The van der Waals surface area contributed by atoms with Gasteiger partial charge in [0, 0.05) is 11.8 Å². The molecule has 1 aromatic carbocycles. The third-order valence-corrected chi connectivity index (χ3v) is 4.44. The number of hydrogen-bond donors (Lipinski definition) is 0. The topological polar surface area (TPSA) is 52.6 Å². The van der Waals surface area contributed by atoms with Crippen molar-refractivity contribution in [3.63, 3.8) is 0 Å². The van der Waals surface area contributed by atoms with Crippen LogP contribution < -0.4 is 4.74 Å². The van der Waals surface area contributed by atoms with Gasteiger partial charge in [-0.1, -0.05) is 6.07 Å². The number of hydrogen-bond acceptors (Lipinski definition) is 4. The number of fused-ring (bicyclic) bond motifs is 3.